The highest BCUT2D eigenvalue weighted by atomic mass is 16.3. The van der Waals surface area contributed by atoms with Gasteiger partial charge in [-0.15, -0.1) is 0 Å². The average molecular weight is 206 g/mol. The molecule has 1 aromatic carbocycles. The fourth-order valence-electron chi connectivity index (χ4n) is 1.28. The second kappa shape index (κ2) is 6.03. The summed E-state index contributed by atoms with van der Waals surface area (Å²) in [5.41, 5.74) is 14.9. The first-order chi connectivity index (χ1) is 7.24. The molecule has 0 aliphatic carbocycles. The molecule has 0 aliphatic heterocycles. The fourth-order valence-corrected chi connectivity index (χ4v) is 1.28. The summed E-state index contributed by atoms with van der Waals surface area (Å²) in [4.78, 5) is 2.57. The average Bonchev–Trinajstić information content (AvgIpc) is 2.27. The smallest absolute Gasteiger partial charge is 0.0750 e. The van der Waals surface area contributed by atoms with Crippen molar-refractivity contribution in [2.75, 3.05) is 6.54 Å². The number of benzene rings is 1. The van der Waals surface area contributed by atoms with E-state index in [4.69, 9.17) is 11.3 Å². The van der Waals surface area contributed by atoms with Gasteiger partial charge < -0.3 is 10.8 Å². The summed E-state index contributed by atoms with van der Waals surface area (Å²) >= 11 is 0. The topological polar surface area (TPSA) is 95.0 Å². The van der Waals surface area contributed by atoms with E-state index in [1.165, 1.54) is 0 Å². The Bertz CT molecular complexity index is 335. The van der Waals surface area contributed by atoms with E-state index in [0.717, 1.165) is 5.56 Å². The summed E-state index contributed by atoms with van der Waals surface area (Å²) in [6, 6.07) is 9.24. The van der Waals surface area contributed by atoms with E-state index < -0.39 is 12.1 Å². The third-order valence-corrected chi connectivity index (χ3v) is 2.14. The molecule has 0 saturated carbocycles. The van der Waals surface area contributed by atoms with Crippen molar-refractivity contribution in [2.24, 2.45) is 10.8 Å². The van der Waals surface area contributed by atoms with Gasteiger partial charge in [-0.05, 0) is 17.5 Å². The number of aliphatic hydroxyl groups excluding tert-OH is 1. The van der Waals surface area contributed by atoms with Crippen molar-refractivity contribution in [3.63, 3.8) is 0 Å². The molecule has 3 N–H and O–H groups in total. The zero-order valence-corrected chi connectivity index (χ0v) is 8.32. The van der Waals surface area contributed by atoms with Crippen LogP contribution >= 0.6 is 0 Å². The van der Waals surface area contributed by atoms with Crippen LogP contribution in [-0.2, 0) is 6.42 Å². The number of hydrogen-bond acceptors (Lipinski definition) is 3. The first kappa shape index (κ1) is 11.5. The zero-order valence-electron chi connectivity index (χ0n) is 8.32. The van der Waals surface area contributed by atoms with Crippen molar-refractivity contribution in [3.05, 3.63) is 46.3 Å². The van der Waals surface area contributed by atoms with E-state index in [2.05, 4.69) is 10.0 Å². The van der Waals surface area contributed by atoms with Crippen molar-refractivity contribution >= 4 is 0 Å². The minimum Gasteiger partial charge on any atom is -0.391 e. The molecule has 0 radical (unpaired) electrons. The number of rotatable bonds is 5. The van der Waals surface area contributed by atoms with Crippen LogP contribution in [0, 0.1) is 0 Å². The standard InChI is InChI=1S/C10H14N4O/c11-9(10(15)7-13-14-12)6-8-4-2-1-3-5-8/h1-5,9-10,15H,6-7,11H2/t9-,10-/m0/s1. The predicted octanol–water partition coefficient (Wildman–Crippen LogP) is 1.23. The van der Waals surface area contributed by atoms with Gasteiger partial charge in [-0.1, -0.05) is 35.4 Å². The lowest BCUT2D eigenvalue weighted by atomic mass is 10.0. The molecule has 15 heavy (non-hydrogen) atoms. The Labute approximate surface area is 88.2 Å². The molecule has 0 fully saturated rings. The van der Waals surface area contributed by atoms with Crippen molar-refractivity contribution in [1.29, 1.82) is 0 Å². The van der Waals surface area contributed by atoms with E-state index in [0.29, 0.717) is 6.42 Å². The Morgan fingerprint density at radius 2 is 2.07 bits per heavy atom. The molecule has 0 amide bonds. The Kier molecular flexibility index (Phi) is 4.63. The minimum absolute atomic E-state index is 0.0184. The predicted molar refractivity (Wildman–Crippen MR) is 58.1 cm³/mol. The van der Waals surface area contributed by atoms with Gasteiger partial charge in [0.05, 0.1) is 12.6 Å². The molecule has 5 nitrogen and oxygen atoms in total. The number of aliphatic hydroxyl groups is 1. The van der Waals surface area contributed by atoms with Crippen LogP contribution in [0.1, 0.15) is 5.56 Å². The maximum atomic E-state index is 9.52. The third kappa shape index (κ3) is 3.99. The molecule has 0 spiro atoms. The summed E-state index contributed by atoms with van der Waals surface area (Å²) in [5.74, 6) is 0. The molecular formula is C10H14N4O. The molecule has 80 valence electrons. The first-order valence-electron chi connectivity index (χ1n) is 4.72. The van der Waals surface area contributed by atoms with E-state index in [9.17, 15) is 5.11 Å². The van der Waals surface area contributed by atoms with E-state index >= 15 is 0 Å². The third-order valence-electron chi connectivity index (χ3n) is 2.14. The second-order valence-electron chi connectivity index (χ2n) is 3.33. The summed E-state index contributed by atoms with van der Waals surface area (Å²) < 4.78 is 0. The number of nitrogens with zero attached hydrogens (tertiary/aromatic N) is 3. The van der Waals surface area contributed by atoms with Gasteiger partial charge in [0, 0.05) is 11.0 Å². The molecular weight excluding hydrogens is 192 g/mol. The van der Waals surface area contributed by atoms with Crippen LogP contribution < -0.4 is 5.73 Å². The second-order valence-corrected chi connectivity index (χ2v) is 3.33. The van der Waals surface area contributed by atoms with Gasteiger partial charge in [0.15, 0.2) is 0 Å². The van der Waals surface area contributed by atoms with Gasteiger partial charge in [0.25, 0.3) is 0 Å². The van der Waals surface area contributed by atoms with Gasteiger partial charge in [0.2, 0.25) is 0 Å². The maximum Gasteiger partial charge on any atom is 0.0750 e. The molecule has 0 heterocycles. The lowest BCUT2D eigenvalue weighted by Gasteiger charge is -2.16. The minimum atomic E-state index is -0.791. The number of hydrogen-bond donors (Lipinski definition) is 2. The molecule has 0 aromatic heterocycles. The Hall–Kier alpha value is -1.55. The quantitative estimate of drug-likeness (QED) is 0.430. The lowest BCUT2D eigenvalue weighted by Crippen LogP contribution is -2.38. The molecule has 1 aromatic rings. The Morgan fingerprint density at radius 3 is 2.67 bits per heavy atom. The van der Waals surface area contributed by atoms with Gasteiger partial charge in [-0.3, -0.25) is 0 Å². The molecule has 0 unspecified atom stereocenters. The highest BCUT2D eigenvalue weighted by Crippen LogP contribution is 2.04. The van der Waals surface area contributed by atoms with E-state index in [1.54, 1.807) is 0 Å². The van der Waals surface area contributed by atoms with Crippen LogP contribution in [-0.4, -0.2) is 23.8 Å². The number of azide groups is 1. The summed E-state index contributed by atoms with van der Waals surface area (Å²) in [5, 5.41) is 12.8. The molecule has 0 saturated heterocycles. The molecule has 5 heteroatoms. The SMILES string of the molecule is [N-]=[N+]=NC[C@H](O)[C@@H](N)Cc1ccccc1. The van der Waals surface area contributed by atoms with Crippen molar-refractivity contribution in [3.8, 4) is 0 Å². The van der Waals surface area contributed by atoms with Crippen LogP contribution in [0.4, 0.5) is 0 Å². The van der Waals surface area contributed by atoms with Crippen molar-refractivity contribution < 1.29 is 5.11 Å². The van der Waals surface area contributed by atoms with Gasteiger partial charge >= 0.3 is 0 Å². The molecule has 0 bridgehead atoms. The highest BCUT2D eigenvalue weighted by molar-refractivity contribution is 5.16. The maximum absolute atomic E-state index is 9.52. The fraction of sp³-hybridized carbons (Fsp3) is 0.400. The first-order valence-corrected chi connectivity index (χ1v) is 4.72. The van der Waals surface area contributed by atoms with Crippen molar-refractivity contribution in [2.45, 2.75) is 18.6 Å². The van der Waals surface area contributed by atoms with Crippen LogP contribution in [0.2, 0.25) is 0 Å². The Morgan fingerprint density at radius 1 is 1.40 bits per heavy atom. The van der Waals surface area contributed by atoms with Crippen LogP contribution in [0.5, 0.6) is 0 Å². The summed E-state index contributed by atoms with van der Waals surface area (Å²) in [6.45, 7) is 0.0184. The van der Waals surface area contributed by atoms with Gasteiger partial charge in [-0.2, -0.15) is 0 Å². The number of nitrogens with two attached hydrogens (primary N) is 1. The van der Waals surface area contributed by atoms with E-state index in [1.807, 2.05) is 30.3 Å². The van der Waals surface area contributed by atoms with Crippen LogP contribution in [0.25, 0.3) is 10.4 Å². The normalized spacial score (nSPS) is 14.0. The van der Waals surface area contributed by atoms with Gasteiger partial charge in [0.1, 0.15) is 0 Å². The molecule has 1 rings (SSSR count). The summed E-state index contributed by atoms with van der Waals surface area (Å²) in [6.07, 6.45) is -0.218. The molecule has 0 aliphatic rings. The highest BCUT2D eigenvalue weighted by Gasteiger charge is 2.13. The monoisotopic (exact) mass is 206 g/mol. The summed E-state index contributed by atoms with van der Waals surface area (Å²) in [7, 11) is 0. The van der Waals surface area contributed by atoms with Crippen LogP contribution in [0.3, 0.4) is 0 Å². The van der Waals surface area contributed by atoms with Gasteiger partial charge in [-0.25, -0.2) is 0 Å². The van der Waals surface area contributed by atoms with E-state index in [-0.39, 0.29) is 6.54 Å². The van der Waals surface area contributed by atoms with Crippen LogP contribution in [0.15, 0.2) is 35.4 Å². The largest absolute Gasteiger partial charge is 0.391 e. The Balaban J connectivity index is 2.48. The zero-order chi connectivity index (χ0) is 11.1. The molecule has 2 atom stereocenters. The van der Waals surface area contributed by atoms with Crippen molar-refractivity contribution in [1.82, 2.24) is 0 Å². The lowest BCUT2D eigenvalue weighted by molar-refractivity contribution is 0.152.